The summed E-state index contributed by atoms with van der Waals surface area (Å²) in [5.74, 6) is -16.7. The third kappa shape index (κ3) is 3.77. The van der Waals surface area contributed by atoms with Crippen molar-refractivity contribution in [2.24, 2.45) is 5.92 Å². The van der Waals surface area contributed by atoms with E-state index < -0.39 is 46.6 Å². The molecule has 2 atom stereocenters. The summed E-state index contributed by atoms with van der Waals surface area (Å²) in [7, 11) is 0. The zero-order valence-corrected chi connectivity index (χ0v) is 18.7. The van der Waals surface area contributed by atoms with Crippen LogP contribution in [0.15, 0.2) is 54.4 Å². The van der Waals surface area contributed by atoms with Crippen LogP contribution in [0.25, 0.3) is 5.57 Å². The highest BCUT2D eigenvalue weighted by Gasteiger charge is 2.70. The molecule has 0 amide bonds. The molecule has 8 heteroatoms. The predicted octanol–water partition coefficient (Wildman–Crippen LogP) is 7.79. The Hall–Kier alpha value is -2.90. The smallest absolute Gasteiger partial charge is 0.339 e. The van der Waals surface area contributed by atoms with Gasteiger partial charge < -0.3 is 9.47 Å². The number of allylic oxidation sites excluding steroid dienone is 4. The molecule has 0 fully saturated rings. The highest BCUT2D eigenvalue weighted by Crippen LogP contribution is 2.62. The standard InChI is InChI=1S/C26H24F6O2/c1-3-5-14-34-16-8-6-15(7-9-16)17-10-11-18-19-12-13-20(33-4-2)24(28)22(19)26(31,32)25(29,30)21(18)23(17)27/h6-13,18,21H,3-5,14H2,1-2H3. The first-order chi connectivity index (χ1) is 16.1. The largest absolute Gasteiger partial charge is 0.494 e. The van der Waals surface area contributed by atoms with Gasteiger partial charge in [-0.1, -0.05) is 43.7 Å². The second-order valence-electron chi connectivity index (χ2n) is 8.32. The maximum absolute atomic E-state index is 15.5. The highest BCUT2D eigenvalue weighted by molar-refractivity contribution is 5.78. The maximum Gasteiger partial charge on any atom is 0.339 e. The Morgan fingerprint density at radius 1 is 0.912 bits per heavy atom. The van der Waals surface area contributed by atoms with Crippen molar-refractivity contribution >= 4 is 5.57 Å². The fraction of sp³-hybridized carbons (Fsp3) is 0.385. The molecule has 182 valence electrons. The number of hydrogen-bond donors (Lipinski definition) is 0. The van der Waals surface area contributed by atoms with Gasteiger partial charge in [0.25, 0.3) is 0 Å². The molecule has 0 saturated carbocycles. The molecule has 0 N–H and O–H groups in total. The monoisotopic (exact) mass is 482 g/mol. The van der Waals surface area contributed by atoms with Gasteiger partial charge in [-0.25, -0.2) is 8.78 Å². The van der Waals surface area contributed by atoms with Crippen LogP contribution in [0, 0.1) is 11.7 Å². The predicted molar refractivity (Wildman–Crippen MR) is 117 cm³/mol. The number of hydrogen-bond acceptors (Lipinski definition) is 2. The van der Waals surface area contributed by atoms with Crippen molar-refractivity contribution in [2.45, 2.75) is 44.5 Å². The molecule has 2 aliphatic rings. The van der Waals surface area contributed by atoms with Crippen molar-refractivity contribution in [1.82, 2.24) is 0 Å². The molecule has 0 spiro atoms. The minimum atomic E-state index is -4.94. The van der Waals surface area contributed by atoms with Gasteiger partial charge in [0, 0.05) is 11.5 Å². The molecule has 4 rings (SSSR count). The molecule has 0 saturated heterocycles. The Bertz CT molecular complexity index is 1120. The zero-order valence-electron chi connectivity index (χ0n) is 18.7. The molecule has 0 bridgehead atoms. The number of ether oxygens (including phenoxy) is 2. The van der Waals surface area contributed by atoms with Crippen molar-refractivity contribution in [2.75, 3.05) is 13.2 Å². The third-order valence-corrected chi connectivity index (χ3v) is 6.21. The summed E-state index contributed by atoms with van der Waals surface area (Å²) in [6.07, 6.45) is 4.31. The van der Waals surface area contributed by atoms with Crippen molar-refractivity contribution in [3.63, 3.8) is 0 Å². The Balaban J connectivity index is 1.76. The Labute approximate surface area is 193 Å². The van der Waals surface area contributed by atoms with Gasteiger partial charge in [0.15, 0.2) is 11.6 Å². The molecule has 0 radical (unpaired) electrons. The molecule has 2 nitrogen and oxygen atoms in total. The van der Waals surface area contributed by atoms with Gasteiger partial charge in [-0.2, -0.15) is 17.6 Å². The fourth-order valence-corrected chi connectivity index (χ4v) is 4.48. The third-order valence-electron chi connectivity index (χ3n) is 6.21. The molecule has 34 heavy (non-hydrogen) atoms. The van der Waals surface area contributed by atoms with Gasteiger partial charge in [0.05, 0.1) is 24.7 Å². The summed E-state index contributed by atoms with van der Waals surface area (Å²) in [5, 5.41) is 0. The molecule has 2 unspecified atom stereocenters. The molecule has 0 aromatic heterocycles. The van der Waals surface area contributed by atoms with Crippen LogP contribution in [-0.2, 0) is 5.92 Å². The van der Waals surface area contributed by atoms with E-state index in [9.17, 15) is 4.39 Å². The van der Waals surface area contributed by atoms with Crippen LogP contribution in [0.3, 0.4) is 0 Å². The average Bonchev–Trinajstić information content (AvgIpc) is 2.80. The normalized spacial score (nSPS) is 22.2. The van der Waals surface area contributed by atoms with Gasteiger partial charge in [-0.15, -0.1) is 0 Å². The summed E-state index contributed by atoms with van der Waals surface area (Å²) >= 11 is 0. The summed E-state index contributed by atoms with van der Waals surface area (Å²) in [6.45, 7) is 3.99. The summed E-state index contributed by atoms with van der Waals surface area (Å²) in [4.78, 5) is 0. The van der Waals surface area contributed by atoms with Crippen LogP contribution in [0.1, 0.15) is 49.3 Å². The molecular weight excluding hydrogens is 458 g/mol. The van der Waals surface area contributed by atoms with Crippen LogP contribution in [0.5, 0.6) is 11.5 Å². The van der Waals surface area contributed by atoms with Gasteiger partial charge in [0.1, 0.15) is 11.6 Å². The second kappa shape index (κ2) is 9.04. The summed E-state index contributed by atoms with van der Waals surface area (Å²) in [5.41, 5.74) is -1.80. The second-order valence-corrected chi connectivity index (χ2v) is 8.32. The fourth-order valence-electron chi connectivity index (χ4n) is 4.48. The van der Waals surface area contributed by atoms with E-state index in [2.05, 4.69) is 0 Å². The van der Waals surface area contributed by atoms with Crippen LogP contribution >= 0.6 is 0 Å². The quantitative estimate of drug-likeness (QED) is 0.296. The Morgan fingerprint density at radius 3 is 2.26 bits per heavy atom. The first-order valence-corrected chi connectivity index (χ1v) is 11.2. The number of benzene rings is 2. The molecule has 2 aromatic carbocycles. The number of unbranched alkanes of at least 4 members (excludes halogenated alkanes) is 1. The van der Waals surface area contributed by atoms with Gasteiger partial charge >= 0.3 is 11.8 Å². The first kappa shape index (κ1) is 24.2. The molecule has 2 aliphatic carbocycles. The topological polar surface area (TPSA) is 18.5 Å². The number of rotatable bonds is 7. The van der Waals surface area contributed by atoms with Crippen molar-refractivity contribution in [3.05, 3.63) is 76.9 Å². The van der Waals surface area contributed by atoms with Gasteiger partial charge in [-0.05, 0) is 42.7 Å². The van der Waals surface area contributed by atoms with Crippen LogP contribution in [0.2, 0.25) is 0 Å². The lowest BCUT2D eigenvalue weighted by atomic mass is 9.67. The lowest BCUT2D eigenvalue weighted by Crippen LogP contribution is -2.52. The van der Waals surface area contributed by atoms with E-state index in [4.69, 9.17) is 9.47 Å². The molecule has 0 aliphatic heterocycles. The minimum absolute atomic E-state index is 0.0349. The SMILES string of the molecule is CCCCOc1ccc(C2=C(F)C3C(C=C2)c2ccc(OCC)c(F)c2C(F)(F)C3(F)F)cc1. The van der Waals surface area contributed by atoms with Crippen LogP contribution < -0.4 is 9.47 Å². The number of fused-ring (bicyclic) bond motifs is 3. The minimum Gasteiger partial charge on any atom is -0.494 e. The van der Waals surface area contributed by atoms with E-state index in [0.29, 0.717) is 12.4 Å². The first-order valence-electron chi connectivity index (χ1n) is 11.2. The van der Waals surface area contributed by atoms with Gasteiger partial charge in [0.2, 0.25) is 0 Å². The van der Waals surface area contributed by atoms with Crippen molar-refractivity contribution < 1.29 is 35.8 Å². The molecule has 0 heterocycles. The summed E-state index contributed by atoms with van der Waals surface area (Å²) in [6, 6.07) is 8.33. The van der Waals surface area contributed by atoms with E-state index in [1.54, 1.807) is 12.1 Å². The number of halogens is 6. The average molecular weight is 482 g/mol. The van der Waals surface area contributed by atoms with E-state index in [1.807, 2.05) is 6.92 Å². The van der Waals surface area contributed by atoms with Crippen molar-refractivity contribution in [1.29, 1.82) is 0 Å². The molecular formula is C26H24F6O2. The Morgan fingerprint density at radius 2 is 1.62 bits per heavy atom. The van der Waals surface area contributed by atoms with E-state index in [-0.39, 0.29) is 23.3 Å². The van der Waals surface area contributed by atoms with Gasteiger partial charge in [-0.3, -0.25) is 0 Å². The van der Waals surface area contributed by atoms with Crippen molar-refractivity contribution in [3.8, 4) is 11.5 Å². The lowest BCUT2D eigenvalue weighted by molar-refractivity contribution is -0.250. The van der Waals surface area contributed by atoms with E-state index in [1.165, 1.54) is 31.2 Å². The van der Waals surface area contributed by atoms with Crippen LogP contribution in [-0.4, -0.2) is 19.1 Å². The van der Waals surface area contributed by atoms with E-state index >= 15 is 22.0 Å². The zero-order chi connectivity index (χ0) is 24.7. The highest BCUT2D eigenvalue weighted by atomic mass is 19.3. The number of alkyl halides is 4. The Kier molecular flexibility index (Phi) is 6.44. The lowest BCUT2D eigenvalue weighted by Gasteiger charge is -2.44. The maximum atomic E-state index is 15.5. The molecule has 2 aromatic rings. The van der Waals surface area contributed by atoms with Crippen LogP contribution in [0.4, 0.5) is 26.3 Å². The van der Waals surface area contributed by atoms with E-state index in [0.717, 1.165) is 25.0 Å². The summed E-state index contributed by atoms with van der Waals surface area (Å²) < 4.78 is 101.